The number of nitrogens with zero attached hydrogens (tertiary/aromatic N) is 4. The van der Waals surface area contributed by atoms with E-state index in [1.54, 1.807) is 98.4 Å². The topological polar surface area (TPSA) is 203 Å². The van der Waals surface area contributed by atoms with Gasteiger partial charge in [0.05, 0.1) is 12.9 Å². The smallest absolute Gasteiger partial charge is 0.507 e. The van der Waals surface area contributed by atoms with Crippen molar-refractivity contribution in [3.8, 4) is 0 Å². The average molecular weight is 1090 g/mol. The van der Waals surface area contributed by atoms with Crippen LogP contribution in [0.5, 0.6) is 0 Å². The second-order valence-electron chi connectivity index (χ2n) is 15.0. The molecule has 0 spiro atoms. The SMILES string of the molecule is C=C(C)c1ccnc(C)c1.C=[C-]C.CC(C)(C)OC(=O)OC(=O)OC(C)(C)C.Cc1cc(Br)ccn1.Cc1cc([C@](C)(O)COS(C)(=O)=O)ccn1.FB(F)F.Nc1cc(Br)ccn1.[K+]. The van der Waals surface area contributed by atoms with Gasteiger partial charge >= 0.3 is 71.2 Å². The molecule has 0 fully saturated rings. The molecule has 14 nitrogen and oxygen atoms in total. The molecule has 0 unspecified atom stereocenters. The Hall–Kier alpha value is -3.06. The average Bonchev–Trinajstić information content (AvgIpc) is 3.10. The zero-order chi connectivity index (χ0) is 50.5. The van der Waals surface area contributed by atoms with Gasteiger partial charge in [-0.15, -0.1) is 0 Å². The molecule has 0 aliphatic rings. The van der Waals surface area contributed by atoms with Gasteiger partial charge in [0, 0.05) is 50.8 Å². The van der Waals surface area contributed by atoms with E-state index in [4.69, 9.17) is 15.2 Å². The second-order valence-corrected chi connectivity index (χ2v) is 18.5. The number of nitrogens with two attached hydrogens (primary N) is 1. The number of carbonyl (C=O) groups is 2. The van der Waals surface area contributed by atoms with E-state index in [1.807, 2.05) is 51.1 Å². The van der Waals surface area contributed by atoms with Gasteiger partial charge in [0.2, 0.25) is 0 Å². The van der Waals surface area contributed by atoms with Crippen molar-refractivity contribution in [2.24, 2.45) is 0 Å². The number of allylic oxidation sites excluding steroid dienone is 2. The fourth-order valence-electron chi connectivity index (χ4n) is 3.54. The van der Waals surface area contributed by atoms with Crippen LogP contribution in [0.3, 0.4) is 0 Å². The van der Waals surface area contributed by atoms with Crippen molar-refractivity contribution in [3.63, 3.8) is 0 Å². The number of aliphatic hydroxyl groups is 1. The van der Waals surface area contributed by atoms with Crippen LogP contribution in [0.15, 0.2) is 95.4 Å². The fraction of sp³-hybridized carbons (Fsp3) is 0.395. The molecule has 3 N–H and O–H groups in total. The molecular formula is C43H60BBr2F3KN5O9S. The summed E-state index contributed by atoms with van der Waals surface area (Å²) in [5, 5.41) is 10.1. The van der Waals surface area contributed by atoms with E-state index in [9.17, 15) is 36.1 Å². The Balaban J connectivity index is -0.000000351. The van der Waals surface area contributed by atoms with Gasteiger partial charge in [-0.05, 0) is 136 Å². The summed E-state index contributed by atoms with van der Waals surface area (Å²) in [6.07, 6.45) is 8.12. The van der Waals surface area contributed by atoms with Gasteiger partial charge in [-0.2, -0.15) is 15.3 Å². The molecule has 0 saturated carbocycles. The number of ether oxygens (including phenoxy) is 3. The van der Waals surface area contributed by atoms with Crippen LogP contribution in [0.2, 0.25) is 0 Å². The van der Waals surface area contributed by atoms with Crippen LogP contribution in [0.1, 0.15) is 90.5 Å². The number of pyridine rings is 4. The largest absolute Gasteiger partial charge is 1.00 e. The van der Waals surface area contributed by atoms with E-state index in [0.717, 1.165) is 37.9 Å². The summed E-state index contributed by atoms with van der Waals surface area (Å²) in [7, 11) is -7.22. The van der Waals surface area contributed by atoms with E-state index < -0.39 is 46.8 Å². The van der Waals surface area contributed by atoms with Crippen molar-refractivity contribution in [1.29, 1.82) is 0 Å². The molecule has 4 rings (SSSR count). The first-order valence-electron chi connectivity index (χ1n) is 18.7. The van der Waals surface area contributed by atoms with E-state index in [-0.39, 0.29) is 58.0 Å². The molecule has 0 bridgehead atoms. The predicted octanol–water partition coefficient (Wildman–Crippen LogP) is 8.33. The molecule has 1 atom stereocenters. The van der Waals surface area contributed by atoms with Crippen molar-refractivity contribution >= 4 is 73.2 Å². The molecule has 4 aromatic heterocycles. The van der Waals surface area contributed by atoms with Crippen molar-refractivity contribution in [3.05, 3.63) is 130 Å². The molecule has 0 radical (unpaired) electrons. The van der Waals surface area contributed by atoms with Gasteiger partial charge in [-0.1, -0.05) is 44.0 Å². The van der Waals surface area contributed by atoms with Gasteiger partial charge in [-0.3, -0.25) is 38.7 Å². The second kappa shape index (κ2) is 35.1. The van der Waals surface area contributed by atoms with E-state index in [2.05, 4.69) is 79.9 Å². The van der Waals surface area contributed by atoms with Gasteiger partial charge in [0.1, 0.15) is 22.6 Å². The molecule has 0 aliphatic heterocycles. The summed E-state index contributed by atoms with van der Waals surface area (Å²) < 4.78 is 71.1. The van der Waals surface area contributed by atoms with E-state index in [1.165, 1.54) is 12.5 Å². The molecular weight excluding hydrogens is 1030 g/mol. The van der Waals surface area contributed by atoms with Crippen molar-refractivity contribution < 1.29 is 106 Å². The zero-order valence-corrected chi connectivity index (χ0v) is 46.6. The van der Waals surface area contributed by atoms with Crippen LogP contribution in [0.25, 0.3) is 5.57 Å². The minimum Gasteiger partial charge on any atom is -0.507 e. The van der Waals surface area contributed by atoms with Crippen LogP contribution in [-0.4, -0.2) is 77.4 Å². The van der Waals surface area contributed by atoms with Crippen molar-refractivity contribution in [2.45, 2.75) is 99.9 Å². The fourth-order valence-corrected chi connectivity index (χ4v) is 4.78. The van der Waals surface area contributed by atoms with E-state index in [0.29, 0.717) is 11.4 Å². The number of anilines is 1. The molecule has 0 aliphatic carbocycles. The van der Waals surface area contributed by atoms with Gasteiger partial charge in [0.15, 0.2) is 0 Å². The monoisotopic (exact) mass is 1090 g/mol. The minimum absolute atomic E-state index is 0. The number of aryl methyl sites for hydroxylation is 3. The molecule has 0 aromatic carbocycles. The first-order chi connectivity index (χ1) is 29.1. The van der Waals surface area contributed by atoms with Crippen molar-refractivity contribution in [2.75, 3.05) is 18.6 Å². The number of carbonyl (C=O) groups excluding carboxylic acids is 2. The maximum atomic E-state index is 11.0. The third kappa shape index (κ3) is 45.9. The first kappa shape index (κ1) is 68.5. The molecule has 4 aromatic rings. The number of nitrogen functional groups attached to an aromatic ring is 1. The summed E-state index contributed by atoms with van der Waals surface area (Å²) in [4.78, 5) is 37.9. The number of hydrogen-bond acceptors (Lipinski definition) is 14. The standard InChI is InChI=1S/C10H15NO4S.C10H18O5.C9H11N.C6H6BrN.C5H5BrN2.C3H5.BF3.K/c1-8-6-9(4-5-11-8)10(2,12)7-15-16(3,13)14;1-9(2,3)14-7(11)13-8(12)15-10(4,5)6;1-7(2)9-4-5-10-8(3)6-9;1-5-4-6(7)2-3-8-5;6-4-1-2-8-5(7)3-4;1-3-2;2-1(3)4;/h4-6,12H,7H2,1-3H3;1-6H3;4-6H,1H2,2-3H3;2-4H,1H3;1-3H,(H2,7,8);1H2,2H3;;/q;;;;;-1;;+1/t10-;;;;;;;/m1......./s1. The summed E-state index contributed by atoms with van der Waals surface area (Å²) in [5.41, 5.74) is 8.24. The van der Waals surface area contributed by atoms with E-state index >= 15 is 0 Å². The summed E-state index contributed by atoms with van der Waals surface area (Å²) >= 11 is 6.56. The molecule has 65 heavy (non-hydrogen) atoms. The van der Waals surface area contributed by atoms with Crippen LogP contribution in [-0.2, 0) is 34.1 Å². The summed E-state index contributed by atoms with van der Waals surface area (Å²) in [6, 6.07) is 14.8. The number of rotatable bonds is 5. The Kier molecular flexibility index (Phi) is 37.0. The number of halogens is 5. The maximum absolute atomic E-state index is 11.0. The molecule has 0 amide bonds. The zero-order valence-electron chi connectivity index (χ0n) is 39.5. The maximum Gasteiger partial charge on any atom is 1.00 e. The number of hydrogen-bond donors (Lipinski definition) is 2. The van der Waals surface area contributed by atoms with Crippen LogP contribution in [0.4, 0.5) is 28.4 Å². The Morgan fingerprint density at radius 1 is 0.785 bits per heavy atom. The minimum atomic E-state index is -3.67. The Morgan fingerprint density at radius 3 is 1.43 bits per heavy atom. The third-order valence-electron chi connectivity index (χ3n) is 6.01. The van der Waals surface area contributed by atoms with Crippen molar-refractivity contribution in [1.82, 2.24) is 19.9 Å². The normalized spacial score (nSPS) is 10.9. The van der Waals surface area contributed by atoms with Crippen LogP contribution >= 0.6 is 31.9 Å². The quantitative estimate of drug-likeness (QED) is 0.0635. The summed E-state index contributed by atoms with van der Waals surface area (Å²) in [5.74, 6) is 0.541. The van der Waals surface area contributed by atoms with Gasteiger partial charge in [0.25, 0.3) is 10.1 Å². The first-order valence-corrected chi connectivity index (χ1v) is 22.1. The van der Waals surface area contributed by atoms with Gasteiger partial charge < -0.3 is 31.1 Å². The summed E-state index contributed by atoms with van der Waals surface area (Å²) in [6.45, 7) is 27.8. The molecule has 4 heterocycles. The van der Waals surface area contributed by atoms with Crippen LogP contribution in [0, 0.1) is 26.8 Å². The van der Waals surface area contributed by atoms with Gasteiger partial charge in [-0.25, -0.2) is 14.6 Å². The van der Waals surface area contributed by atoms with Crippen LogP contribution < -0.4 is 57.1 Å². The molecule has 356 valence electrons. The number of aromatic nitrogens is 4. The predicted molar refractivity (Wildman–Crippen MR) is 253 cm³/mol. The third-order valence-corrected chi connectivity index (χ3v) is 7.54. The molecule has 22 heteroatoms. The Bertz CT molecular complexity index is 2030. The molecule has 0 saturated heterocycles. The Labute approximate surface area is 442 Å². The Morgan fingerprint density at radius 2 is 1.15 bits per heavy atom.